The van der Waals surface area contributed by atoms with Crippen LogP contribution < -0.4 is 0 Å². The molecular formula is C24H26O8. The molecule has 32 heavy (non-hydrogen) atoms. The molecule has 1 heterocycles. The van der Waals surface area contributed by atoms with E-state index in [2.05, 4.69) is 0 Å². The van der Waals surface area contributed by atoms with Gasteiger partial charge in [-0.05, 0) is 11.1 Å². The number of esters is 3. The minimum absolute atomic E-state index is 0.0369. The summed E-state index contributed by atoms with van der Waals surface area (Å²) in [4.78, 5) is 36.2. The molecule has 0 radical (unpaired) electrons. The van der Waals surface area contributed by atoms with Crippen molar-refractivity contribution in [1.82, 2.24) is 0 Å². The third-order valence-electron chi connectivity index (χ3n) is 4.79. The zero-order valence-corrected chi connectivity index (χ0v) is 18.0. The first-order valence-corrected chi connectivity index (χ1v) is 10.3. The van der Waals surface area contributed by atoms with Gasteiger partial charge in [0.25, 0.3) is 0 Å². The summed E-state index contributed by atoms with van der Waals surface area (Å²) < 4.78 is 27.8. The van der Waals surface area contributed by atoms with Crippen molar-refractivity contribution in [3.05, 3.63) is 71.8 Å². The number of ether oxygens (including phenoxy) is 5. The van der Waals surface area contributed by atoms with Gasteiger partial charge in [-0.3, -0.25) is 9.59 Å². The summed E-state index contributed by atoms with van der Waals surface area (Å²) in [5.74, 6) is -1.87. The average Bonchev–Trinajstić information content (AvgIpc) is 2.78. The molecule has 4 atom stereocenters. The maximum atomic E-state index is 12.8. The quantitative estimate of drug-likeness (QED) is 0.455. The Balaban J connectivity index is 1.77. The van der Waals surface area contributed by atoms with Gasteiger partial charge in [0.15, 0.2) is 18.3 Å². The first-order valence-electron chi connectivity index (χ1n) is 10.3. The Labute approximate surface area is 186 Å². The van der Waals surface area contributed by atoms with Crippen LogP contribution in [-0.4, -0.2) is 48.9 Å². The predicted molar refractivity (Wildman–Crippen MR) is 112 cm³/mol. The lowest BCUT2D eigenvalue weighted by atomic mass is 9.99. The largest absolute Gasteiger partial charge is 0.459 e. The molecule has 0 bridgehead atoms. The lowest BCUT2D eigenvalue weighted by molar-refractivity contribution is -0.233. The highest BCUT2D eigenvalue weighted by Crippen LogP contribution is 2.26. The van der Waals surface area contributed by atoms with Crippen molar-refractivity contribution in [2.45, 2.75) is 51.5 Å². The van der Waals surface area contributed by atoms with Crippen molar-refractivity contribution in [2.24, 2.45) is 0 Å². The van der Waals surface area contributed by atoms with Gasteiger partial charge in [0.1, 0.15) is 12.7 Å². The highest BCUT2D eigenvalue weighted by Gasteiger charge is 2.49. The minimum atomic E-state index is -1.23. The first kappa shape index (κ1) is 23.4. The Morgan fingerprint density at radius 3 is 1.94 bits per heavy atom. The van der Waals surface area contributed by atoms with Crippen LogP contribution in [0.1, 0.15) is 25.0 Å². The fourth-order valence-electron chi connectivity index (χ4n) is 3.39. The Hall–Kier alpha value is -3.23. The van der Waals surface area contributed by atoms with Gasteiger partial charge in [-0.2, -0.15) is 0 Å². The summed E-state index contributed by atoms with van der Waals surface area (Å²) in [5, 5.41) is 0. The van der Waals surface area contributed by atoms with Crippen molar-refractivity contribution in [2.75, 3.05) is 6.61 Å². The Morgan fingerprint density at radius 1 is 0.812 bits per heavy atom. The maximum Gasteiger partial charge on any atom is 0.339 e. The highest BCUT2D eigenvalue weighted by molar-refractivity contribution is 5.77. The van der Waals surface area contributed by atoms with Crippen LogP contribution >= 0.6 is 0 Å². The van der Waals surface area contributed by atoms with Gasteiger partial charge >= 0.3 is 17.9 Å². The van der Waals surface area contributed by atoms with E-state index in [0.29, 0.717) is 0 Å². The van der Waals surface area contributed by atoms with Crippen LogP contribution in [0.4, 0.5) is 0 Å². The van der Waals surface area contributed by atoms with Crippen LogP contribution in [0, 0.1) is 0 Å². The number of carbonyl (C=O) groups is 3. The standard InChI is InChI=1S/C24H26O8/c1-16(25)31-20-15-29-23(24(27)30-14-19-11-7-4-8-12-19)22(32-17(2)26)21(20)28-13-18-9-5-3-6-10-18/h3-12,20-23H,13-15H2,1-2H3/t20?,21-,22-,23?/m0/s1. The average molecular weight is 442 g/mol. The lowest BCUT2D eigenvalue weighted by Crippen LogP contribution is -2.59. The molecule has 1 aliphatic heterocycles. The molecule has 2 aromatic carbocycles. The minimum Gasteiger partial charge on any atom is -0.459 e. The van der Waals surface area contributed by atoms with Gasteiger partial charge in [0, 0.05) is 13.8 Å². The van der Waals surface area contributed by atoms with E-state index in [4.69, 9.17) is 23.7 Å². The van der Waals surface area contributed by atoms with E-state index in [1.165, 1.54) is 13.8 Å². The normalized spacial score (nSPS) is 22.6. The summed E-state index contributed by atoms with van der Waals surface area (Å²) in [6.07, 6.45) is -4.17. The number of benzene rings is 2. The fourth-order valence-corrected chi connectivity index (χ4v) is 3.39. The molecule has 0 aliphatic carbocycles. The third kappa shape index (κ3) is 6.63. The zero-order valence-electron chi connectivity index (χ0n) is 18.0. The van der Waals surface area contributed by atoms with E-state index in [0.717, 1.165) is 11.1 Å². The van der Waals surface area contributed by atoms with E-state index in [1.807, 2.05) is 60.7 Å². The van der Waals surface area contributed by atoms with Crippen molar-refractivity contribution < 1.29 is 38.1 Å². The lowest BCUT2D eigenvalue weighted by Gasteiger charge is -2.40. The number of carbonyl (C=O) groups excluding carboxylic acids is 3. The second kappa shape index (κ2) is 11.4. The van der Waals surface area contributed by atoms with Crippen LogP contribution in [0.15, 0.2) is 60.7 Å². The predicted octanol–water partition coefficient (Wildman–Crippen LogP) is 2.58. The molecule has 2 aromatic rings. The van der Waals surface area contributed by atoms with E-state index in [9.17, 15) is 14.4 Å². The molecule has 3 rings (SSSR count). The summed E-state index contributed by atoms with van der Waals surface area (Å²) >= 11 is 0. The first-order chi connectivity index (χ1) is 15.4. The molecule has 1 saturated heterocycles. The van der Waals surface area contributed by atoms with Gasteiger partial charge in [0.2, 0.25) is 0 Å². The Morgan fingerprint density at radius 2 is 1.38 bits per heavy atom. The maximum absolute atomic E-state index is 12.8. The summed E-state index contributed by atoms with van der Waals surface area (Å²) in [7, 11) is 0. The second-order valence-electron chi connectivity index (χ2n) is 7.33. The van der Waals surface area contributed by atoms with E-state index < -0.39 is 42.3 Å². The van der Waals surface area contributed by atoms with E-state index >= 15 is 0 Å². The SMILES string of the molecule is CC(=O)OC1COC(C(=O)OCc2ccccc2)[C@@H](OC(C)=O)[C@H]1OCc1ccccc1. The highest BCUT2D eigenvalue weighted by atomic mass is 16.6. The number of rotatable bonds is 8. The molecule has 0 N–H and O–H groups in total. The molecule has 0 saturated carbocycles. The van der Waals surface area contributed by atoms with Gasteiger partial charge < -0.3 is 23.7 Å². The molecular weight excluding hydrogens is 416 g/mol. The van der Waals surface area contributed by atoms with Crippen molar-refractivity contribution in [3.63, 3.8) is 0 Å². The van der Waals surface area contributed by atoms with Gasteiger partial charge in [-0.25, -0.2) is 4.79 Å². The monoisotopic (exact) mass is 442 g/mol. The van der Waals surface area contributed by atoms with Crippen molar-refractivity contribution in [1.29, 1.82) is 0 Å². The van der Waals surface area contributed by atoms with Crippen LogP contribution in [0.25, 0.3) is 0 Å². The fraction of sp³-hybridized carbons (Fsp3) is 0.375. The molecule has 2 unspecified atom stereocenters. The van der Waals surface area contributed by atoms with Gasteiger partial charge in [-0.15, -0.1) is 0 Å². The molecule has 0 spiro atoms. The molecule has 170 valence electrons. The topological polar surface area (TPSA) is 97.4 Å². The van der Waals surface area contributed by atoms with Gasteiger partial charge in [0.05, 0.1) is 13.2 Å². The van der Waals surface area contributed by atoms with Crippen molar-refractivity contribution >= 4 is 17.9 Å². The Kier molecular flexibility index (Phi) is 8.35. The molecule has 0 amide bonds. The van der Waals surface area contributed by atoms with E-state index in [1.54, 1.807) is 0 Å². The van der Waals surface area contributed by atoms with E-state index in [-0.39, 0.29) is 19.8 Å². The molecule has 8 nitrogen and oxygen atoms in total. The number of hydrogen-bond donors (Lipinski definition) is 0. The van der Waals surface area contributed by atoms with Gasteiger partial charge in [-0.1, -0.05) is 60.7 Å². The van der Waals surface area contributed by atoms with Crippen molar-refractivity contribution in [3.8, 4) is 0 Å². The molecule has 0 aromatic heterocycles. The molecule has 1 fully saturated rings. The summed E-state index contributed by atoms with van der Waals surface area (Å²) in [5.41, 5.74) is 1.67. The summed E-state index contributed by atoms with van der Waals surface area (Å²) in [6, 6.07) is 18.5. The number of hydrogen-bond acceptors (Lipinski definition) is 8. The second-order valence-corrected chi connectivity index (χ2v) is 7.33. The Bertz CT molecular complexity index is 899. The van der Waals surface area contributed by atoms with Crippen LogP contribution in [0.5, 0.6) is 0 Å². The van der Waals surface area contributed by atoms with Crippen LogP contribution in [0.3, 0.4) is 0 Å². The smallest absolute Gasteiger partial charge is 0.339 e. The third-order valence-corrected chi connectivity index (χ3v) is 4.79. The van der Waals surface area contributed by atoms with Crippen LogP contribution in [-0.2, 0) is 51.3 Å². The van der Waals surface area contributed by atoms with Crippen LogP contribution in [0.2, 0.25) is 0 Å². The molecule has 1 aliphatic rings. The zero-order chi connectivity index (χ0) is 22.9. The molecule has 8 heteroatoms. The summed E-state index contributed by atoms with van der Waals surface area (Å²) in [6.45, 7) is 2.56.